The lowest BCUT2D eigenvalue weighted by molar-refractivity contribution is 0.0523. The molecule has 0 aliphatic heterocycles. The summed E-state index contributed by atoms with van der Waals surface area (Å²) < 4.78 is 5.24. The van der Waals surface area contributed by atoms with E-state index < -0.39 is 11.7 Å². The van der Waals surface area contributed by atoms with Gasteiger partial charge in [-0.3, -0.25) is 15.2 Å². The Hall–Kier alpha value is -2.93. The van der Waals surface area contributed by atoms with Gasteiger partial charge in [0.05, 0.1) is 5.69 Å². The van der Waals surface area contributed by atoms with Crippen LogP contribution in [-0.4, -0.2) is 29.6 Å². The Morgan fingerprint density at radius 3 is 2.56 bits per heavy atom. The maximum absolute atomic E-state index is 12.1. The summed E-state index contributed by atoms with van der Waals surface area (Å²) in [7, 11) is 1.64. The number of hydrogen-bond acceptors (Lipinski definition) is 5. The highest BCUT2D eigenvalue weighted by Gasteiger charge is 2.16. The maximum Gasteiger partial charge on any atom is 0.407 e. The molecule has 0 aliphatic carbocycles. The number of carbonyl (C=O) groups excluding carboxylic acids is 2. The SMILES string of the molecule is CNNC(=O)c1cc(C)cc(-c2cc(CNC(=O)OC(C)(C)C)ccn2)c1. The summed E-state index contributed by atoms with van der Waals surface area (Å²) in [6, 6.07) is 9.26. The molecule has 0 fully saturated rings. The second-order valence-electron chi connectivity index (χ2n) is 7.20. The first-order chi connectivity index (χ1) is 12.7. The fourth-order valence-electron chi connectivity index (χ4n) is 2.48. The first-order valence-corrected chi connectivity index (χ1v) is 8.69. The number of pyridine rings is 1. The normalized spacial score (nSPS) is 11.0. The number of benzene rings is 1. The largest absolute Gasteiger partial charge is 0.444 e. The van der Waals surface area contributed by atoms with Gasteiger partial charge in [-0.05, 0) is 69.2 Å². The Bertz CT molecular complexity index is 828. The van der Waals surface area contributed by atoms with Gasteiger partial charge in [-0.25, -0.2) is 10.2 Å². The van der Waals surface area contributed by atoms with Crippen LogP contribution in [-0.2, 0) is 11.3 Å². The van der Waals surface area contributed by atoms with E-state index in [1.165, 1.54) is 0 Å². The monoisotopic (exact) mass is 370 g/mol. The highest BCUT2D eigenvalue weighted by atomic mass is 16.6. The van der Waals surface area contributed by atoms with E-state index in [-0.39, 0.29) is 5.91 Å². The summed E-state index contributed by atoms with van der Waals surface area (Å²) in [4.78, 5) is 28.3. The third-order valence-corrected chi connectivity index (χ3v) is 3.53. The molecule has 144 valence electrons. The smallest absolute Gasteiger partial charge is 0.407 e. The van der Waals surface area contributed by atoms with Gasteiger partial charge in [0, 0.05) is 30.9 Å². The van der Waals surface area contributed by atoms with Crippen LogP contribution in [0, 0.1) is 6.92 Å². The van der Waals surface area contributed by atoms with Crippen molar-refractivity contribution >= 4 is 12.0 Å². The second kappa shape index (κ2) is 8.64. The van der Waals surface area contributed by atoms with Crippen molar-refractivity contribution in [2.24, 2.45) is 0 Å². The zero-order valence-corrected chi connectivity index (χ0v) is 16.3. The van der Waals surface area contributed by atoms with Crippen molar-refractivity contribution in [1.29, 1.82) is 0 Å². The van der Waals surface area contributed by atoms with Crippen molar-refractivity contribution < 1.29 is 14.3 Å². The number of alkyl carbamates (subject to hydrolysis) is 1. The van der Waals surface area contributed by atoms with E-state index in [1.54, 1.807) is 19.3 Å². The van der Waals surface area contributed by atoms with Crippen LogP contribution in [0.3, 0.4) is 0 Å². The van der Waals surface area contributed by atoms with E-state index in [9.17, 15) is 9.59 Å². The molecule has 1 heterocycles. The molecule has 1 aromatic heterocycles. The number of amides is 2. The molecule has 0 saturated carbocycles. The molecule has 2 rings (SSSR count). The van der Waals surface area contributed by atoms with Gasteiger partial charge in [0.2, 0.25) is 0 Å². The molecule has 2 aromatic rings. The Morgan fingerprint density at radius 2 is 1.89 bits per heavy atom. The predicted molar refractivity (Wildman–Crippen MR) is 104 cm³/mol. The molecule has 2 amide bonds. The van der Waals surface area contributed by atoms with E-state index in [0.717, 1.165) is 22.4 Å². The average molecular weight is 370 g/mol. The number of aryl methyl sites for hydroxylation is 1. The van der Waals surface area contributed by atoms with Gasteiger partial charge in [0.1, 0.15) is 5.60 Å². The number of rotatable bonds is 5. The molecule has 3 N–H and O–H groups in total. The van der Waals surface area contributed by atoms with Crippen LogP contribution in [0.2, 0.25) is 0 Å². The van der Waals surface area contributed by atoms with Crippen molar-refractivity contribution in [2.75, 3.05) is 7.05 Å². The topological polar surface area (TPSA) is 92.3 Å². The third-order valence-electron chi connectivity index (χ3n) is 3.53. The van der Waals surface area contributed by atoms with Gasteiger partial charge >= 0.3 is 6.09 Å². The molecular weight excluding hydrogens is 344 g/mol. The zero-order chi connectivity index (χ0) is 20.0. The van der Waals surface area contributed by atoms with Crippen LogP contribution in [0.4, 0.5) is 4.79 Å². The highest BCUT2D eigenvalue weighted by molar-refractivity contribution is 5.95. The highest BCUT2D eigenvalue weighted by Crippen LogP contribution is 2.21. The predicted octanol–water partition coefficient (Wildman–Crippen LogP) is 2.95. The standard InChI is InChI=1S/C20H26N4O3/c1-13-8-15(11-16(9-13)18(25)24-21-5)17-10-14(6-7-22-17)12-23-19(26)27-20(2,3)4/h6-11,21H,12H2,1-5H3,(H,23,26)(H,24,25). The van der Waals surface area contributed by atoms with E-state index in [2.05, 4.69) is 21.2 Å². The molecule has 1 aromatic carbocycles. The van der Waals surface area contributed by atoms with Gasteiger partial charge in [0.25, 0.3) is 5.91 Å². The Kier molecular flexibility index (Phi) is 6.52. The summed E-state index contributed by atoms with van der Waals surface area (Å²) in [5.74, 6) is -0.217. The fourth-order valence-corrected chi connectivity index (χ4v) is 2.48. The van der Waals surface area contributed by atoms with Crippen LogP contribution in [0.25, 0.3) is 11.3 Å². The summed E-state index contributed by atoms with van der Waals surface area (Å²) in [5, 5.41) is 2.73. The van der Waals surface area contributed by atoms with Crippen LogP contribution >= 0.6 is 0 Å². The minimum atomic E-state index is -0.542. The summed E-state index contributed by atoms with van der Waals surface area (Å²) in [5.41, 5.74) is 8.57. The Labute approximate surface area is 159 Å². The minimum absolute atomic E-state index is 0.217. The van der Waals surface area contributed by atoms with Gasteiger partial charge in [-0.2, -0.15) is 0 Å². The van der Waals surface area contributed by atoms with Crippen molar-refractivity contribution in [3.8, 4) is 11.3 Å². The molecule has 7 nitrogen and oxygen atoms in total. The lowest BCUT2D eigenvalue weighted by Gasteiger charge is -2.19. The van der Waals surface area contributed by atoms with Gasteiger partial charge in [-0.15, -0.1) is 0 Å². The molecule has 0 unspecified atom stereocenters. The average Bonchev–Trinajstić information content (AvgIpc) is 2.58. The molecule has 0 spiro atoms. The number of aromatic nitrogens is 1. The molecule has 0 aliphatic rings. The van der Waals surface area contributed by atoms with Crippen molar-refractivity contribution in [1.82, 2.24) is 21.2 Å². The van der Waals surface area contributed by atoms with Gasteiger partial charge in [-0.1, -0.05) is 0 Å². The zero-order valence-electron chi connectivity index (χ0n) is 16.3. The lowest BCUT2D eigenvalue weighted by atomic mass is 10.0. The second-order valence-corrected chi connectivity index (χ2v) is 7.20. The molecule has 7 heteroatoms. The first kappa shape index (κ1) is 20.4. The molecule has 0 saturated heterocycles. The summed E-state index contributed by atoms with van der Waals surface area (Å²) in [6.45, 7) is 7.70. The number of hydrogen-bond donors (Lipinski definition) is 3. The van der Waals surface area contributed by atoms with Crippen LogP contribution < -0.4 is 16.2 Å². The minimum Gasteiger partial charge on any atom is -0.444 e. The van der Waals surface area contributed by atoms with Crippen LogP contribution in [0.15, 0.2) is 36.5 Å². The Morgan fingerprint density at radius 1 is 1.15 bits per heavy atom. The summed E-state index contributed by atoms with van der Waals surface area (Å²) in [6.07, 6.45) is 1.21. The quantitative estimate of drug-likeness (QED) is 0.704. The third kappa shape index (κ3) is 6.38. The van der Waals surface area contributed by atoms with E-state index in [1.807, 2.05) is 52.0 Å². The maximum atomic E-state index is 12.1. The number of hydrazine groups is 1. The van der Waals surface area contributed by atoms with E-state index in [4.69, 9.17) is 4.74 Å². The van der Waals surface area contributed by atoms with Crippen molar-refractivity contribution in [3.05, 3.63) is 53.2 Å². The number of carbonyl (C=O) groups is 2. The van der Waals surface area contributed by atoms with Crippen LogP contribution in [0.5, 0.6) is 0 Å². The van der Waals surface area contributed by atoms with Gasteiger partial charge in [0.15, 0.2) is 0 Å². The molecule has 0 atom stereocenters. The van der Waals surface area contributed by atoms with Gasteiger partial charge < -0.3 is 10.1 Å². The lowest BCUT2D eigenvalue weighted by Crippen LogP contribution is -2.34. The van der Waals surface area contributed by atoms with Crippen LogP contribution in [0.1, 0.15) is 42.3 Å². The Balaban J connectivity index is 2.17. The fraction of sp³-hybridized carbons (Fsp3) is 0.350. The van der Waals surface area contributed by atoms with E-state index >= 15 is 0 Å². The first-order valence-electron chi connectivity index (χ1n) is 8.69. The molecular formula is C20H26N4O3. The van der Waals surface area contributed by atoms with E-state index in [0.29, 0.717) is 12.1 Å². The molecule has 27 heavy (non-hydrogen) atoms. The number of nitrogens with one attached hydrogen (secondary N) is 3. The number of ether oxygens (including phenoxy) is 1. The molecule has 0 bridgehead atoms. The van der Waals surface area contributed by atoms with Crippen molar-refractivity contribution in [2.45, 2.75) is 39.8 Å². The number of nitrogens with zero attached hydrogens (tertiary/aromatic N) is 1. The summed E-state index contributed by atoms with van der Waals surface area (Å²) >= 11 is 0. The molecule has 0 radical (unpaired) electrons. The van der Waals surface area contributed by atoms with Crippen molar-refractivity contribution in [3.63, 3.8) is 0 Å².